The number of hydrazone groups is 1. The number of benzene rings is 1. The number of piperidine rings is 1. The van der Waals surface area contributed by atoms with Gasteiger partial charge in [0.05, 0.1) is 20.3 Å². The Morgan fingerprint density at radius 3 is 2.91 bits per heavy atom. The minimum absolute atomic E-state index is 0.166. The van der Waals surface area contributed by atoms with Crippen LogP contribution in [-0.2, 0) is 0 Å². The SMILES string of the molecule is CCCN1CCC2=NNC(c3cccc(OC)c3OC)C2C1. The number of fused-ring (bicyclic) bond motifs is 1. The van der Waals surface area contributed by atoms with E-state index in [4.69, 9.17) is 9.47 Å². The largest absolute Gasteiger partial charge is 0.493 e. The maximum Gasteiger partial charge on any atom is 0.166 e. The summed E-state index contributed by atoms with van der Waals surface area (Å²) < 4.78 is 11.0. The Labute approximate surface area is 132 Å². The smallest absolute Gasteiger partial charge is 0.166 e. The summed E-state index contributed by atoms with van der Waals surface area (Å²) in [6, 6.07) is 6.22. The average Bonchev–Trinajstić information content (AvgIpc) is 2.97. The van der Waals surface area contributed by atoms with Gasteiger partial charge in [-0.3, -0.25) is 0 Å². The van der Waals surface area contributed by atoms with E-state index in [1.807, 2.05) is 12.1 Å². The standard InChI is InChI=1S/C17H25N3O2/c1-4-9-20-10-8-14-13(11-20)16(19-18-14)12-6-5-7-15(21-2)17(12)22-3/h5-7,13,16,19H,4,8-11H2,1-3H3. The molecule has 1 aromatic rings. The lowest BCUT2D eigenvalue weighted by molar-refractivity contribution is 0.226. The van der Waals surface area contributed by atoms with Crippen LogP contribution in [0.15, 0.2) is 23.3 Å². The fourth-order valence-corrected chi connectivity index (χ4v) is 3.57. The van der Waals surface area contributed by atoms with Crippen molar-refractivity contribution in [2.75, 3.05) is 33.9 Å². The predicted molar refractivity (Wildman–Crippen MR) is 87.7 cm³/mol. The average molecular weight is 303 g/mol. The molecule has 1 aromatic carbocycles. The second-order valence-corrected chi connectivity index (χ2v) is 5.95. The van der Waals surface area contributed by atoms with E-state index in [1.165, 1.54) is 12.1 Å². The first kappa shape index (κ1) is 15.2. The molecule has 120 valence electrons. The second kappa shape index (κ2) is 6.57. The summed E-state index contributed by atoms with van der Waals surface area (Å²) in [6.45, 7) is 5.57. The molecule has 2 unspecified atom stereocenters. The van der Waals surface area contributed by atoms with Crippen molar-refractivity contribution >= 4 is 5.71 Å². The van der Waals surface area contributed by atoms with Gasteiger partial charge in [0.2, 0.25) is 0 Å². The van der Waals surface area contributed by atoms with Gasteiger partial charge >= 0.3 is 0 Å². The molecule has 5 nitrogen and oxygen atoms in total. The molecule has 2 atom stereocenters. The number of likely N-dealkylation sites (tertiary alicyclic amines) is 1. The van der Waals surface area contributed by atoms with Crippen LogP contribution < -0.4 is 14.9 Å². The molecule has 0 bridgehead atoms. The summed E-state index contributed by atoms with van der Waals surface area (Å²) in [5, 5.41) is 4.58. The van der Waals surface area contributed by atoms with Crippen LogP contribution in [0.25, 0.3) is 0 Å². The van der Waals surface area contributed by atoms with Gasteiger partial charge in [-0.2, -0.15) is 5.10 Å². The van der Waals surface area contributed by atoms with Gasteiger partial charge in [-0.15, -0.1) is 0 Å². The summed E-state index contributed by atoms with van der Waals surface area (Å²) in [7, 11) is 3.37. The molecule has 0 spiro atoms. The third kappa shape index (κ3) is 2.65. The summed E-state index contributed by atoms with van der Waals surface area (Å²) in [6.07, 6.45) is 2.25. The van der Waals surface area contributed by atoms with E-state index in [0.717, 1.165) is 43.1 Å². The minimum atomic E-state index is 0.166. The number of nitrogens with one attached hydrogen (secondary N) is 1. The molecule has 1 fully saturated rings. The van der Waals surface area contributed by atoms with Crippen molar-refractivity contribution in [3.8, 4) is 11.5 Å². The van der Waals surface area contributed by atoms with Crippen LogP contribution in [0, 0.1) is 5.92 Å². The lowest BCUT2D eigenvalue weighted by atomic mass is 9.86. The lowest BCUT2D eigenvalue weighted by Gasteiger charge is -2.33. The van der Waals surface area contributed by atoms with Gasteiger partial charge in [0.25, 0.3) is 0 Å². The molecular formula is C17H25N3O2. The fourth-order valence-electron chi connectivity index (χ4n) is 3.57. The number of ether oxygens (including phenoxy) is 2. The monoisotopic (exact) mass is 303 g/mol. The Bertz CT molecular complexity index is 559. The van der Waals surface area contributed by atoms with Crippen LogP contribution in [0.4, 0.5) is 0 Å². The predicted octanol–water partition coefficient (Wildman–Crippen LogP) is 2.44. The molecular weight excluding hydrogens is 278 g/mol. The Hall–Kier alpha value is -1.75. The van der Waals surface area contributed by atoms with Crippen LogP contribution in [0.5, 0.6) is 11.5 Å². The first-order valence-electron chi connectivity index (χ1n) is 8.03. The summed E-state index contributed by atoms with van der Waals surface area (Å²) in [5.74, 6) is 2.00. The van der Waals surface area contributed by atoms with Crippen molar-refractivity contribution < 1.29 is 9.47 Å². The molecule has 5 heteroatoms. The van der Waals surface area contributed by atoms with Crippen LogP contribution in [-0.4, -0.2) is 44.5 Å². The second-order valence-electron chi connectivity index (χ2n) is 5.95. The quantitative estimate of drug-likeness (QED) is 0.907. The maximum absolute atomic E-state index is 5.60. The Balaban J connectivity index is 1.87. The normalized spacial score (nSPS) is 24.4. The van der Waals surface area contributed by atoms with Crippen molar-refractivity contribution in [1.29, 1.82) is 0 Å². The molecule has 1 N–H and O–H groups in total. The third-order valence-electron chi connectivity index (χ3n) is 4.62. The van der Waals surface area contributed by atoms with Gasteiger partial charge in [0, 0.05) is 36.7 Å². The number of methoxy groups -OCH3 is 2. The van der Waals surface area contributed by atoms with Crippen LogP contribution >= 0.6 is 0 Å². The van der Waals surface area contributed by atoms with Crippen molar-refractivity contribution in [3.63, 3.8) is 0 Å². The zero-order valence-corrected chi connectivity index (χ0v) is 13.6. The Kier molecular flexibility index (Phi) is 4.52. The molecule has 2 heterocycles. The van der Waals surface area contributed by atoms with E-state index >= 15 is 0 Å². The van der Waals surface area contributed by atoms with E-state index in [2.05, 4.69) is 28.4 Å². The zero-order chi connectivity index (χ0) is 15.5. The number of para-hydroxylation sites is 1. The number of nitrogens with zero attached hydrogens (tertiary/aromatic N) is 2. The first-order valence-corrected chi connectivity index (χ1v) is 8.03. The number of hydrogen-bond donors (Lipinski definition) is 1. The van der Waals surface area contributed by atoms with E-state index in [-0.39, 0.29) is 6.04 Å². The highest BCUT2D eigenvalue weighted by atomic mass is 16.5. The van der Waals surface area contributed by atoms with Gasteiger partial charge in [0.1, 0.15) is 0 Å². The zero-order valence-electron chi connectivity index (χ0n) is 13.6. The van der Waals surface area contributed by atoms with E-state index in [0.29, 0.717) is 5.92 Å². The van der Waals surface area contributed by atoms with Crippen molar-refractivity contribution in [3.05, 3.63) is 23.8 Å². The Morgan fingerprint density at radius 2 is 2.18 bits per heavy atom. The summed E-state index contributed by atoms with van der Waals surface area (Å²) in [5.41, 5.74) is 5.75. The van der Waals surface area contributed by atoms with Gasteiger partial charge in [-0.1, -0.05) is 19.1 Å². The minimum Gasteiger partial charge on any atom is -0.493 e. The molecule has 0 amide bonds. The number of rotatable bonds is 5. The van der Waals surface area contributed by atoms with Crippen LogP contribution in [0.2, 0.25) is 0 Å². The van der Waals surface area contributed by atoms with E-state index in [1.54, 1.807) is 14.2 Å². The molecule has 3 rings (SSSR count). The summed E-state index contributed by atoms with van der Waals surface area (Å²) >= 11 is 0. The molecule has 2 aliphatic heterocycles. The van der Waals surface area contributed by atoms with Gasteiger partial charge in [0.15, 0.2) is 11.5 Å². The highest BCUT2D eigenvalue weighted by Gasteiger charge is 2.38. The fraction of sp³-hybridized carbons (Fsp3) is 0.588. The topological polar surface area (TPSA) is 46.1 Å². The molecule has 2 aliphatic rings. The van der Waals surface area contributed by atoms with E-state index in [9.17, 15) is 0 Å². The van der Waals surface area contributed by atoms with Crippen molar-refractivity contribution in [2.24, 2.45) is 11.0 Å². The molecule has 0 aromatic heterocycles. The van der Waals surface area contributed by atoms with E-state index < -0.39 is 0 Å². The first-order chi connectivity index (χ1) is 10.8. The third-order valence-corrected chi connectivity index (χ3v) is 4.62. The molecule has 0 aliphatic carbocycles. The maximum atomic E-state index is 5.60. The van der Waals surface area contributed by atoms with Gasteiger partial charge < -0.3 is 19.8 Å². The van der Waals surface area contributed by atoms with Gasteiger partial charge in [-0.05, 0) is 19.0 Å². The highest BCUT2D eigenvalue weighted by Crippen LogP contribution is 2.40. The summed E-state index contributed by atoms with van der Waals surface area (Å²) in [4.78, 5) is 2.54. The molecule has 22 heavy (non-hydrogen) atoms. The molecule has 0 saturated carbocycles. The number of hydrogen-bond acceptors (Lipinski definition) is 5. The van der Waals surface area contributed by atoms with Crippen molar-refractivity contribution in [1.82, 2.24) is 10.3 Å². The molecule has 0 radical (unpaired) electrons. The van der Waals surface area contributed by atoms with Crippen LogP contribution in [0.1, 0.15) is 31.4 Å². The van der Waals surface area contributed by atoms with Crippen molar-refractivity contribution in [2.45, 2.75) is 25.8 Å². The Morgan fingerprint density at radius 1 is 1.32 bits per heavy atom. The lowest BCUT2D eigenvalue weighted by Crippen LogP contribution is -2.42. The molecule has 1 saturated heterocycles. The highest BCUT2D eigenvalue weighted by molar-refractivity contribution is 5.90. The van der Waals surface area contributed by atoms with Crippen LogP contribution in [0.3, 0.4) is 0 Å². The van der Waals surface area contributed by atoms with Gasteiger partial charge in [-0.25, -0.2) is 0 Å².